The van der Waals surface area contributed by atoms with Gasteiger partial charge in [-0.2, -0.15) is 0 Å². The van der Waals surface area contributed by atoms with Crippen molar-refractivity contribution in [1.82, 2.24) is 4.98 Å². The average Bonchev–Trinajstić information content (AvgIpc) is 2.88. The molecule has 1 aliphatic carbocycles. The molecule has 0 spiro atoms. The van der Waals surface area contributed by atoms with Gasteiger partial charge in [0.2, 0.25) is 0 Å². The average molecular weight is 171 g/mol. The number of H-pyrrole nitrogens is 1. The third-order valence-corrected chi connectivity index (χ3v) is 2.88. The van der Waals surface area contributed by atoms with Crippen LogP contribution in [0.2, 0.25) is 0 Å². The number of para-hydroxylation sites is 1. The fourth-order valence-corrected chi connectivity index (χ4v) is 1.93. The summed E-state index contributed by atoms with van der Waals surface area (Å²) < 4.78 is 0. The van der Waals surface area contributed by atoms with Crippen LogP contribution in [-0.2, 0) is 6.42 Å². The van der Waals surface area contributed by atoms with Crippen LogP contribution in [0.4, 0.5) is 0 Å². The minimum atomic E-state index is 0.971. The Balaban J connectivity index is 2.06. The van der Waals surface area contributed by atoms with Crippen molar-refractivity contribution >= 4 is 10.9 Å². The second-order valence-corrected chi connectivity index (χ2v) is 4.01. The molecule has 1 aliphatic rings. The van der Waals surface area contributed by atoms with Crippen molar-refractivity contribution in [3.8, 4) is 0 Å². The lowest BCUT2D eigenvalue weighted by Crippen LogP contribution is -1.83. The summed E-state index contributed by atoms with van der Waals surface area (Å²) in [5.74, 6) is 0.971. The minimum absolute atomic E-state index is 0.971. The molecule has 1 heteroatoms. The highest BCUT2D eigenvalue weighted by Gasteiger charge is 2.22. The van der Waals surface area contributed by atoms with Gasteiger partial charge < -0.3 is 4.98 Å². The van der Waals surface area contributed by atoms with Gasteiger partial charge in [0, 0.05) is 17.1 Å². The van der Waals surface area contributed by atoms with Crippen LogP contribution in [0.5, 0.6) is 0 Å². The molecule has 1 heterocycles. The van der Waals surface area contributed by atoms with Crippen molar-refractivity contribution in [3.63, 3.8) is 0 Å². The van der Waals surface area contributed by atoms with Crippen molar-refractivity contribution in [3.05, 3.63) is 36.0 Å². The zero-order chi connectivity index (χ0) is 8.67. The van der Waals surface area contributed by atoms with E-state index in [9.17, 15) is 0 Å². The zero-order valence-electron chi connectivity index (χ0n) is 7.59. The quantitative estimate of drug-likeness (QED) is 0.714. The summed E-state index contributed by atoms with van der Waals surface area (Å²) in [6.07, 6.45) is 6.30. The molecule has 1 nitrogen and oxygen atoms in total. The summed E-state index contributed by atoms with van der Waals surface area (Å²) in [6.45, 7) is 0. The summed E-state index contributed by atoms with van der Waals surface area (Å²) >= 11 is 0. The van der Waals surface area contributed by atoms with Gasteiger partial charge in [0.05, 0.1) is 0 Å². The molecule has 0 radical (unpaired) electrons. The van der Waals surface area contributed by atoms with E-state index in [1.165, 1.54) is 35.7 Å². The van der Waals surface area contributed by atoms with Gasteiger partial charge in [0.1, 0.15) is 0 Å². The second-order valence-electron chi connectivity index (χ2n) is 4.01. The van der Waals surface area contributed by atoms with Crippen LogP contribution in [0, 0.1) is 5.92 Å². The van der Waals surface area contributed by atoms with E-state index in [0.717, 1.165) is 5.92 Å². The Morgan fingerprint density at radius 2 is 2.08 bits per heavy atom. The van der Waals surface area contributed by atoms with Gasteiger partial charge in [-0.1, -0.05) is 18.2 Å². The predicted octanol–water partition coefficient (Wildman–Crippen LogP) is 3.12. The predicted molar refractivity (Wildman–Crippen MR) is 54.7 cm³/mol. The molecule has 1 aromatic carbocycles. The van der Waals surface area contributed by atoms with Crippen molar-refractivity contribution in [2.75, 3.05) is 0 Å². The number of benzene rings is 1. The molecule has 0 atom stereocenters. The Kier molecular flexibility index (Phi) is 1.45. The third-order valence-electron chi connectivity index (χ3n) is 2.88. The first kappa shape index (κ1) is 7.19. The summed E-state index contributed by atoms with van der Waals surface area (Å²) in [5, 5.41) is 1.41. The molecule has 2 aromatic rings. The summed E-state index contributed by atoms with van der Waals surface area (Å²) in [6, 6.07) is 8.56. The van der Waals surface area contributed by atoms with Crippen LogP contribution in [0.15, 0.2) is 30.5 Å². The second kappa shape index (κ2) is 2.63. The standard InChI is InChI=1S/C12H13N/c1-2-4-12-11(3-1)10(8-13-12)7-9-5-6-9/h1-4,8-9,13H,5-7H2. The SMILES string of the molecule is c1ccc2c(CC3CC3)c[nH]c2c1. The normalized spacial score (nSPS) is 16.6. The summed E-state index contributed by atoms with van der Waals surface area (Å²) in [5.41, 5.74) is 2.77. The number of rotatable bonds is 2. The van der Waals surface area contributed by atoms with Crippen LogP contribution in [0.1, 0.15) is 18.4 Å². The monoisotopic (exact) mass is 171 g/mol. The Morgan fingerprint density at radius 3 is 2.92 bits per heavy atom. The van der Waals surface area contributed by atoms with Crippen molar-refractivity contribution in [2.45, 2.75) is 19.3 Å². The fraction of sp³-hybridized carbons (Fsp3) is 0.333. The maximum atomic E-state index is 3.32. The Hall–Kier alpha value is -1.24. The lowest BCUT2D eigenvalue weighted by atomic mass is 10.1. The Labute approximate surface area is 77.8 Å². The van der Waals surface area contributed by atoms with Crippen molar-refractivity contribution in [1.29, 1.82) is 0 Å². The van der Waals surface area contributed by atoms with E-state index in [2.05, 4.69) is 35.4 Å². The van der Waals surface area contributed by atoms with E-state index < -0.39 is 0 Å². The molecule has 66 valence electrons. The summed E-state index contributed by atoms with van der Waals surface area (Å²) in [7, 11) is 0. The number of aromatic nitrogens is 1. The number of nitrogens with one attached hydrogen (secondary N) is 1. The van der Waals surface area contributed by atoms with E-state index in [1.54, 1.807) is 0 Å². The Bertz CT molecular complexity index is 423. The van der Waals surface area contributed by atoms with Crippen molar-refractivity contribution in [2.24, 2.45) is 5.92 Å². The minimum Gasteiger partial charge on any atom is -0.361 e. The highest BCUT2D eigenvalue weighted by molar-refractivity contribution is 5.83. The van der Waals surface area contributed by atoms with Gasteiger partial charge in [0.25, 0.3) is 0 Å². The van der Waals surface area contributed by atoms with E-state index in [-0.39, 0.29) is 0 Å². The van der Waals surface area contributed by atoms with E-state index >= 15 is 0 Å². The molecule has 1 saturated carbocycles. The number of hydrogen-bond donors (Lipinski definition) is 1. The third kappa shape index (κ3) is 1.24. The van der Waals surface area contributed by atoms with Gasteiger partial charge in [-0.3, -0.25) is 0 Å². The molecule has 13 heavy (non-hydrogen) atoms. The number of fused-ring (bicyclic) bond motifs is 1. The highest BCUT2D eigenvalue weighted by Crippen LogP contribution is 2.34. The van der Waals surface area contributed by atoms with Crippen LogP contribution in [-0.4, -0.2) is 4.98 Å². The molecule has 1 N–H and O–H groups in total. The lowest BCUT2D eigenvalue weighted by molar-refractivity contribution is 0.838. The van der Waals surface area contributed by atoms with E-state index in [1.807, 2.05) is 0 Å². The maximum Gasteiger partial charge on any atom is 0.0456 e. The molecular weight excluding hydrogens is 158 g/mol. The largest absolute Gasteiger partial charge is 0.361 e. The van der Waals surface area contributed by atoms with E-state index in [0.29, 0.717) is 0 Å². The molecule has 1 fully saturated rings. The number of aromatic amines is 1. The maximum absolute atomic E-state index is 3.32. The molecule has 0 bridgehead atoms. The Morgan fingerprint density at radius 1 is 1.23 bits per heavy atom. The van der Waals surface area contributed by atoms with Crippen LogP contribution < -0.4 is 0 Å². The molecule has 1 aromatic heterocycles. The molecule has 0 aliphatic heterocycles. The van der Waals surface area contributed by atoms with E-state index in [4.69, 9.17) is 0 Å². The topological polar surface area (TPSA) is 15.8 Å². The smallest absolute Gasteiger partial charge is 0.0456 e. The lowest BCUT2D eigenvalue weighted by Gasteiger charge is -1.95. The molecule has 0 unspecified atom stereocenters. The number of hydrogen-bond acceptors (Lipinski definition) is 0. The van der Waals surface area contributed by atoms with Crippen LogP contribution in [0.25, 0.3) is 10.9 Å². The first-order valence-electron chi connectivity index (χ1n) is 4.98. The first-order chi connectivity index (χ1) is 6.43. The molecule has 3 rings (SSSR count). The van der Waals surface area contributed by atoms with Gasteiger partial charge >= 0.3 is 0 Å². The highest BCUT2D eigenvalue weighted by atomic mass is 14.7. The van der Waals surface area contributed by atoms with Gasteiger partial charge in [-0.15, -0.1) is 0 Å². The fourth-order valence-electron chi connectivity index (χ4n) is 1.93. The summed E-state index contributed by atoms with van der Waals surface area (Å²) in [4.78, 5) is 3.32. The van der Waals surface area contributed by atoms with Crippen LogP contribution in [0.3, 0.4) is 0 Å². The molecule has 0 amide bonds. The van der Waals surface area contributed by atoms with Gasteiger partial charge in [-0.25, -0.2) is 0 Å². The first-order valence-corrected chi connectivity index (χ1v) is 4.98. The van der Waals surface area contributed by atoms with Gasteiger partial charge in [0.15, 0.2) is 0 Å². The van der Waals surface area contributed by atoms with Crippen molar-refractivity contribution < 1.29 is 0 Å². The molecule has 0 saturated heterocycles. The van der Waals surface area contributed by atoms with Gasteiger partial charge in [-0.05, 0) is 36.8 Å². The zero-order valence-corrected chi connectivity index (χ0v) is 7.59. The molecular formula is C12H13N. The van der Waals surface area contributed by atoms with Crippen LogP contribution >= 0.6 is 0 Å².